The van der Waals surface area contributed by atoms with Gasteiger partial charge in [0, 0.05) is 38.0 Å². The Kier molecular flexibility index (Phi) is 5.52. The molecule has 0 saturated heterocycles. The van der Waals surface area contributed by atoms with Crippen molar-refractivity contribution in [1.29, 1.82) is 0 Å². The Labute approximate surface area is 186 Å². The lowest BCUT2D eigenvalue weighted by atomic mass is 9.97. The molecule has 0 aliphatic carbocycles. The lowest BCUT2D eigenvalue weighted by molar-refractivity contribution is 0.0962. The van der Waals surface area contributed by atoms with E-state index in [1.165, 1.54) is 0 Å². The smallest absolute Gasteiger partial charge is 0.227 e. The Morgan fingerprint density at radius 3 is 2.45 bits per heavy atom. The SMILES string of the molecule is CCC(=O)c1oc2nc(-c3ccc(Br)cc3Cl)c(-c3ccc(Cl)cc3)cc2c1C. The van der Waals surface area contributed by atoms with E-state index in [2.05, 4.69) is 15.9 Å². The first-order valence-electron chi connectivity index (χ1n) is 9.07. The number of furan rings is 1. The largest absolute Gasteiger partial charge is 0.434 e. The minimum atomic E-state index is -0.0447. The number of hydrogen-bond acceptors (Lipinski definition) is 3. The van der Waals surface area contributed by atoms with Gasteiger partial charge in [-0.3, -0.25) is 4.79 Å². The summed E-state index contributed by atoms with van der Waals surface area (Å²) in [5, 5.41) is 2.03. The van der Waals surface area contributed by atoms with Gasteiger partial charge >= 0.3 is 0 Å². The molecule has 0 bridgehead atoms. The first kappa shape index (κ1) is 20.1. The number of aromatic nitrogens is 1. The first-order chi connectivity index (χ1) is 13.9. The van der Waals surface area contributed by atoms with Crippen LogP contribution in [0.1, 0.15) is 29.5 Å². The fourth-order valence-electron chi connectivity index (χ4n) is 3.30. The summed E-state index contributed by atoms with van der Waals surface area (Å²) in [6, 6.07) is 15.2. The maximum atomic E-state index is 12.3. The van der Waals surface area contributed by atoms with Gasteiger partial charge in [-0.2, -0.15) is 0 Å². The molecule has 2 heterocycles. The number of Topliss-reactive ketones (excluding diaryl/α,β-unsaturated/α-hetero) is 1. The molecule has 0 aliphatic rings. The standard InChI is InChI=1S/C23H16BrCl2NO2/c1-3-20(28)22-12(2)17-11-18(13-4-7-15(25)8-5-13)21(27-23(17)29-22)16-9-6-14(24)10-19(16)26/h4-11H,3H2,1-2H3. The molecule has 0 atom stereocenters. The highest BCUT2D eigenvalue weighted by Gasteiger charge is 2.21. The number of rotatable bonds is 4. The molecule has 2 aromatic carbocycles. The van der Waals surface area contributed by atoms with E-state index in [1.807, 2.05) is 62.4 Å². The van der Waals surface area contributed by atoms with Crippen LogP contribution >= 0.6 is 39.1 Å². The summed E-state index contributed by atoms with van der Waals surface area (Å²) >= 11 is 16.1. The quantitative estimate of drug-likeness (QED) is 0.272. The summed E-state index contributed by atoms with van der Waals surface area (Å²) in [4.78, 5) is 17.1. The fraction of sp³-hybridized carbons (Fsp3) is 0.130. The summed E-state index contributed by atoms with van der Waals surface area (Å²) in [7, 11) is 0. The molecule has 0 spiro atoms. The fourth-order valence-corrected chi connectivity index (χ4v) is 4.19. The van der Waals surface area contributed by atoms with E-state index < -0.39 is 0 Å². The third-order valence-electron chi connectivity index (χ3n) is 4.85. The minimum Gasteiger partial charge on any atom is -0.434 e. The summed E-state index contributed by atoms with van der Waals surface area (Å²) in [6.07, 6.45) is 0.371. The van der Waals surface area contributed by atoms with E-state index in [1.54, 1.807) is 0 Å². The molecule has 0 aliphatic heterocycles. The number of nitrogens with zero attached hydrogens (tertiary/aromatic N) is 1. The summed E-state index contributed by atoms with van der Waals surface area (Å²) in [5.74, 6) is 0.313. The van der Waals surface area contributed by atoms with E-state index in [0.29, 0.717) is 33.6 Å². The zero-order valence-electron chi connectivity index (χ0n) is 15.7. The van der Waals surface area contributed by atoms with Gasteiger partial charge in [0.15, 0.2) is 11.5 Å². The molecule has 0 radical (unpaired) electrons. The molecule has 29 heavy (non-hydrogen) atoms. The van der Waals surface area contributed by atoms with Gasteiger partial charge in [0.25, 0.3) is 0 Å². The molecule has 0 N–H and O–H groups in total. The number of halogens is 3. The topological polar surface area (TPSA) is 43.1 Å². The van der Waals surface area contributed by atoms with E-state index in [4.69, 9.17) is 32.6 Å². The van der Waals surface area contributed by atoms with Gasteiger partial charge in [0.1, 0.15) is 0 Å². The predicted octanol–water partition coefficient (Wildman–Crippen LogP) is 8.13. The highest BCUT2D eigenvalue weighted by Crippen LogP contribution is 2.39. The number of pyridine rings is 1. The van der Waals surface area contributed by atoms with Gasteiger partial charge in [0.2, 0.25) is 5.71 Å². The number of fused-ring (bicyclic) bond motifs is 1. The second kappa shape index (κ2) is 7.94. The third kappa shape index (κ3) is 3.73. The Morgan fingerprint density at radius 1 is 1.07 bits per heavy atom. The molecule has 2 aromatic heterocycles. The van der Waals surface area contributed by atoms with Crippen LogP contribution in [0.15, 0.2) is 57.4 Å². The number of ketones is 1. The van der Waals surface area contributed by atoms with E-state index in [9.17, 15) is 4.79 Å². The van der Waals surface area contributed by atoms with E-state index >= 15 is 0 Å². The van der Waals surface area contributed by atoms with Crippen LogP contribution in [0.3, 0.4) is 0 Å². The van der Waals surface area contributed by atoms with Crippen molar-refractivity contribution in [3.63, 3.8) is 0 Å². The Balaban J connectivity index is 2.04. The molecular weight excluding hydrogens is 473 g/mol. The first-order valence-corrected chi connectivity index (χ1v) is 10.6. The average molecular weight is 489 g/mol. The third-order valence-corrected chi connectivity index (χ3v) is 5.90. The molecule has 0 saturated carbocycles. The van der Waals surface area contributed by atoms with Crippen LogP contribution in [0.4, 0.5) is 0 Å². The van der Waals surface area contributed by atoms with Crippen LogP contribution in [-0.2, 0) is 0 Å². The zero-order valence-corrected chi connectivity index (χ0v) is 18.8. The molecule has 3 nitrogen and oxygen atoms in total. The van der Waals surface area contributed by atoms with Crippen LogP contribution in [0.5, 0.6) is 0 Å². The van der Waals surface area contributed by atoms with Crippen molar-refractivity contribution in [3.8, 4) is 22.4 Å². The minimum absolute atomic E-state index is 0.0447. The maximum Gasteiger partial charge on any atom is 0.227 e. The summed E-state index contributed by atoms with van der Waals surface area (Å²) in [6.45, 7) is 3.70. The maximum absolute atomic E-state index is 12.3. The number of carbonyl (C=O) groups is 1. The molecule has 4 aromatic rings. The number of benzene rings is 2. The van der Waals surface area contributed by atoms with Crippen LogP contribution < -0.4 is 0 Å². The molecular formula is C23H16BrCl2NO2. The molecule has 0 fully saturated rings. The average Bonchev–Trinajstić information content (AvgIpc) is 3.03. The van der Waals surface area contributed by atoms with Gasteiger partial charge in [-0.25, -0.2) is 4.98 Å². The molecule has 4 rings (SSSR count). The van der Waals surface area contributed by atoms with E-state index in [0.717, 1.165) is 32.1 Å². The van der Waals surface area contributed by atoms with Crippen LogP contribution in [-0.4, -0.2) is 10.8 Å². The monoisotopic (exact) mass is 487 g/mol. The lowest BCUT2D eigenvalue weighted by Crippen LogP contribution is -1.95. The van der Waals surface area contributed by atoms with Crippen molar-refractivity contribution in [2.24, 2.45) is 0 Å². The Bertz CT molecular complexity index is 1250. The van der Waals surface area contributed by atoms with E-state index in [-0.39, 0.29) is 5.78 Å². The van der Waals surface area contributed by atoms with Crippen molar-refractivity contribution in [2.75, 3.05) is 0 Å². The van der Waals surface area contributed by atoms with Crippen LogP contribution in [0.25, 0.3) is 33.5 Å². The number of aryl methyl sites for hydroxylation is 1. The van der Waals surface area contributed by atoms with Gasteiger partial charge in [-0.1, -0.05) is 64.3 Å². The van der Waals surface area contributed by atoms with Gasteiger partial charge in [-0.15, -0.1) is 0 Å². The van der Waals surface area contributed by atoms with Crippen molar-refractivity contribution in [2.45, 2.75) is 20.3 Å². The predicted molar refractivity (Wildman–Crippen MR) is 122 cm³/mol. The normalized spacial score (nSPS) is 11.2. The highest BCUT2D eigenvalue weighted by molar-refractivity contribution is 9.10. The second-order valence-corrected chi connectivity index (χ2v) is 8.46. The highest BCUT2D eigenvalue weighted by atomic mass is 79.9. The van der Waals surface area contributed by atoms with Gasteiger partial charge in [0.05, 0.1) is 10.7 Å². The molecule has 6 heteroatoms. The Hall–Kier alpha value is -2.14. The van der Waals surface area contributed by atoms with Gasteiger partial charge < -0.3 is 4.42 Å². The zero-order chi connectivity index (χ0) is 20.7. The number of carbonyl (C=O) groups excluding carboxylic acids is 1. The van der Waals surface area contributed by atoms with Crippen molar-refractivity contribution >= 4 is 56.0 Å². The van der Waals surface area contributed by atoms with Crippen molar-refractivity contribution in [3.05, 3.63) is 74.4 Å². The second-order valence-electron chi connectivity index (χ2n) is 6.70. The molecule has 0 amide bonds. The Morgan fingerprint density at radius 2 is 1.79 bits per heavy atom. The van der Waals surface area contributed by atoms with Crippen LogP contribution in [0.2, 0.25) is 10.0 Å². The molecule has 0 unspecified atom stereocenters. The lowest BCUT2D eigenvalue weighted by Gasteiger charge is -2.11. The van der Waals surface area contributed by atoms with Gasteiger partial charge in [-0.05, 0) is 42.8 Å². The summed E-state index contributed by atoms with van der Waals surface area (Å²) < 4.78 is 6.73. The van der Waals surface area contributed by atoms with Crippen molar-refractivity contribution < 1.29 is 9.21 Å². The number of hydrogen-bond donors (Lipinski definition) is 0. The van der Waals surface area contributed by atoms with Crippen LogP contribution in [0, 0.1) is 6.92 Å². The molecule has 146 valence electrons. The summed E-state index contributed by atoms with van der Waals surface area (Å²) in [5.41, 5.74) is 4.51. The van der Waals surface area contributed by atoms with Crippen molar-refractivity contribution in [1.82, 2.24) is 4.98 Å².